The first-order valence-corrected chi connectivity index (χ1v) is 11.2. The van der Waals surface area contributed by atoms with E-state index in [0.29, 0.717) is 22.9 Å². The molecule has 1 aromatic heterocycles. The fourth-order valence-electron chi connectivity index (χ4n) is 3.62. The maximum atomic E-state index is 13.0. The Morgan fingerprint density at radius 1 is 1.09 bits per heavy atom. The Hall–Kier alpha value is -3.59. The van der Waals surface area contributed by atoms with Crippen molar-refractivity contribution in [2.45, 2.75) is 26.7 Å². The van der Waals surface area contributed by atoms with E-state index in [1.807, 2.05) is 38.1 Å². The van der Waals surface area contributed by atoms with Crippen molar-refractivity contribution in [1.29, 1.82) is 0 Å². The molecule has 1 fully saturated rings. The van der Waals surface area contributed by atoms with E-state index in [0.717, 1.165) is 22.7 Å². The summed E-state index contributed by atoms with van der Waals surface area (Å²) < 4.78 is 0. The Kier molecular flexibility index (Phi) is 6.27. The number of carbonyl (C=O) groups excluding carboxylic acids is 3. The maximum Gasteiger partial charge on any atom is 0.259 e. The molecule has 9 heteroatoms. The number of anilines is 3. The molecule has 2 heterocycles. The minimum atomic E-state index is -0.506. The van der Waals surface area contributed by atoms with E-state index >= 15 is 0 Å². The average Bonchev–Trinajstić information content (AvgIpc) is 3.40. The monoisotopic (exact) mass is 449 g/mol. The lowest BCUT2D eigenvalue weighted by molar-refractivity contribution is -0.122. The van der Waals surface area contributed by atoms with E-state index in [-0.39, 0.29) is 24.1 Å². The summed E-state index contributed by atoms with van der Waals surface area (Å²) in [5.41, 5.74) is 2.49. The fourth-order valence-corrected chi connectivity index (χ4v) is 4.29. The number of carbonyl (C=O) groups is 3. The highest BCUT2D eigenvalue weighted by molar-refractivity contribution is 7.15. The van der Waals surface area contributed by atoms with Crippen LogP contribution in [0.15, 0.2) is 48.5 Å². The van der Waals surface area contributed by atoms with Crippen LogP contribution in [0.4, 0.5) is 16.5 Å². The number of nitrogens with one attached hydrogen (secondary N) is 2. The van der Waals surface area contributed by atoms with Gasteiger partial charge in [-0.3, -0.25) is 19.7 Å². The van der Waals surface area contributed by atoms with Gasteiger partial charge in [-0.15, -0.1) is 10.2 Å². The van der Waals surface area contributed by atoms with Gasteiger partial charge in [-0.05, 0) is 37.1 Å². The fraction of sp³-hybridized carbons (Fsp3) is 0.261. The molecule has 0 spiro atoms. The summed E-state index contributed by atoms with van der Waals surface area (Å²) in [5.74, 6) is -1.27. The molecule has 4 rings (SSSR count). The number of amides is 3. The molecule has 0 bridgehead atoms. The molecular formula is C23H23N5O3S. The molecule has 0 saturated carbocycles. The second-order valence-corrected chi connectivity index (χ2v) is 8.60. The third-order valence-corrected chi connectivity index (χ3v) is 6.30. The van der Waals surface area contributed by atoms with Crippen molar-refractivity contribution in [2.24, 2.45) is 5.92 Å². The first-order chi connectivity index (χ1) is 15.5. The van der Waals surface area contributed by atoms with Gasteiger partial charge in [-0.2, -0.15) is 0 Å². The number of nitrogens with zero attached hydrogens (tertiary/aromatic N) is 3. The van der Waals surface area contributed by atoms with Crippen molar-refractivity contribution < 1.29 is 14.4 Å². The van der Waals surface area contributed by atoms with Crippen molar-refractivity contribution in [1.82, 2.24) is 10.2 Å². The average molecular weight is 450 g/mol. The molecule has 164 valence electrons. The molecule has 0 radical (unpaired) electrons. The van der Waals surface area contributed by atoms with Crippen molar-refractivity contribution in [2.75, 3.05) is 22.1 Å². The van der Waals surface area contributed by atoms with E-state index in [1.54, 1.807) is 29.2 Å². The number of benzene rings is 2. The van der Waals surface area contributed by atoms with Gasteiger partial charge >= 0.3 is 0 Å². The number of aromatic nitrogens is 2. The molecule has 3 amide bonds. The first kappa shape index (κ1) is 21.6. The Bertz CT molecular complexity index is 1180. The van der Waals surface area contributed by atoms with Gasteiger partial charge in [-0.25, -0.2) is 0 Å². The van der Waals surface area contributed by atoms with Crippen molar-refractivity contribution in [3.8, 4) is 0 Å². The second kappa shape index (κ2) is 9.27. The van der Waals surface area contributed by atoms with Gasteiger partial charge in [0.25, 0.3) is 5.91 Å². The van der Waals surface area contributed by atoms with Crippen molar-refractivity contribution >= 4 is 45.6 Å². The summed E-state index contributed by atoms with van der Waals surface area (Å²) >= 11 is 1.31. The third-order valence-electron chi connectivity index (χ3n) is 5.32. The zero-order chi connectivity index (χ0) is 22.7. The lowest BCUT2D eigenvalue weighted by Crippen LogP contribution is -2.29. The number of hydrogen-bond acceptors (Lipinski definition) is 6. The highest BCUT2D eigenvalue weighted by Gasteiger charge is 2.36. The van der Waals surface area contributed by atoms with Crippen molar-refractivity contribution in [3.63, 3.8) is 0 Å². The Balaban J connectivity index is 1.46. The molecular weight excluding hydrogens is 426 g/mol. The summed E-state index contributed by atoms with van der Waals surface area (Å²) in [7, 11) is 0. The molecule has 0 aliphatic carbocycles. The van der Waals surface area contributed by atoms with E-state index in [1.165, 1.54) is 11.3 Å². The normalized spacial score (nSPS) is 15.6. The molecule has 0 unspecified atom stereocenters. The predicted molar refractivity (Wildman–Crippen MR) is 124 cm³/mol. The van der Waals surface area contributed by atoms with Crippen molar-refractivity contribution in [3.05, 3.63) is 64.7 Å². The molecule has 8 nitrogen and oxygen atoms in total. The quantitative estimate of drug-likeness (QED) is 0.598. The van der Waals surface area contributed by atoms with Crippen LogP contribution in [-0.2, 0) is 16.0 Å². The van der Waals surface area contributed by atoms with Gasteiger partial charge in [0.15, 0.2) is 0 Å². The number of rotatable bonds is 6. The van der Waals surface area contributed by atoms with E-state index < -0.39 is 5.92 Å². The molecule has 32 heavy (non-hydrogen) atoms. The highest BCUT2D eigenvalue weighted by Crippen LogP contribution is 2.29. The van der Waals surface area contributed by atoms with Crippen LogP contribution >= 0.6 is 11.3 Å². The van der Waals surface area contributed by atoms with Gasteiger partial charge in [0, 0.05) is 18.7 Å². The number of hydrogen-bond donors (Lipinski definition) is 2. The topological polar surface area (TPSA) is 104 Å². The van der Waals surface area contributed by atoms with Gasteiger partial charge < -0.3 is 10.2 Å². The second-order valence-electron chi connectivity index (χ2n) is 7.54. The molecule has 2 aromatic carbocycles. The van der Waals surface area contributed by atoms with Crippen LogP contribution in [0.5, 0.6) is 0 Å². The summed E-state index contributed by atoms with van der Waals surface area (Å²) in [4.78, 5) is 40.0. The highest BCUT2D eigenvalue weighted by atomic mass is 32.1. The minimum Gasteiger partial charge on any atom is -0.325 e. The van der Waals surface area contributed by atoms with Crippen LogP contribution in [0.3, 0.4) is 0 Å². The van der Waals surface area contributed by atoms with Gasteiger partial charge in [0.1, 0.15) is 5.01 Å². The number of para-hydroxylation sites is 2. The number of aryl methyl sites for hydroxylation is 2. The van der Waals surface area contributed by atoms with E-state index in [4.69, 9.17) is 0 Å². The van der Waals surface area contributed by atoms with Gasteiger partial charge in [-0.1, -0.05) is 48.6 Å². The molecule has 1 atom stereocenters. The van der Waals surface area contributed by atoms with Crippen LogP contribution in [0, 0.1) is 12.8 Å². The van der Waals surface area contributed by atoms with E-state index in [2.05, 4.69) is 20.8 Å². The van der Waals surface area contributed by atoms with Crippen LogP contribution in [0.2, 0.25) is 0 Å². The van der Waals surface area contributed by atoms with Crippen LogP contribution < -0.4 is 15.5 Å². The summed E-state index contributed by atoms with van der Waals surface area (Å²) in [6, 6.07) is 14.4. The lowest BCUT2D eigenvalue weighted by atomic mass is 10.1. The van der Waals surface area contributed by atoms with Crippen LogP contribution in [0.1, 0.15) is 34.3 Å². The Morgan fingerprint density at radius 3 is 2.59 bits per heavy atom. The van der Waals surface area contributed by atoms with Gasteiger partial charge in [0.2, 0.25) is 16.9 Å². The predicted octanol–water partition coefficient (Wildman–Crippen LogP) is 3.65. The summed E-state index contributed by atoms with van der Waals surface area (Å²) in [6.07, 6.45) is 0.860. The zero-order valence-electron chi connectivity index (χ0n) is 17.8. The molecule has 2 N–H and O–H groups in total. The molecule has 1 saturated heterocycles. The van der Waals surface area contributed by atoms with Crippen LogP contribution in [0.25, 0.3) is 0 Å². The SMILES string of the molecule is CCc1nnc(NC(=O)c2ccccc2NC(=O)[C@@H]2CC(=O)N(c3ccccc3C)C2)s1. The largest absolute Gasteiger partial charge is 0.325 e. The summed E-state index contributed by atoms with van der Waals surface area (Å²) in [5, 5.41) is 14.8. The Morgan fingerprint density at radius 2 is 1.84 bits per heavy atom. The third kappa shape index (κ3) is 4.52. The minimum absolute atomic E-state index is 0.0894. The standard InChI is InChI=1S/C23H23N5O3S/c1-3-19-26-27-23(32-19)25-22(31)16-9-5-6-10-17(16)24-21(30)15-12-20(29)28(13-15)18-11-7-4-8-14(18)2/h4-11,15H,3,12-13H2,1-2H3,(H,24,30)(H,25,27,31)/t15-/m1/s1. The smallest absolute Gasteiger partial charge is 0.259 e. The molecule has 3 aromatic rings. The van der Waals surface area contributed by atoms with Gasteiger partial charge in [0.05, 0.1) is 17.2 Å². The molecule has 1 aliphatic rings. The Labute approximate surface area is 189 Å². The zero-order valence-corrected chi connectivity index (χ0v) is 18.6. The maximum absolute atomic E-state index is 13.0. The van der Waals surface area contributed by atoms with Crippen LogP contribution in [-0.4, -0.2) is 34.5 Å². The summed E-state index contributed by atoms with van der Waals surface area (Å²) in [6.45, 7) is 4.20. The van der Waals surface area contributed by atoms with E-state index in [9.17, 15) is 14.4 Å². The first-order valence-electron chi connectivity index (χ1n) is 10.4. The lowest BCUT2D eigenvalue weighted by Gasteiger charge is -2.19. The molecule has 1 aliphatic heterocycles.